The van der Waals surface area contributed by atoms with Gasteiger partial charge in [0, 0.05) is 0 Å². The summed E-state index contributed by atoms with van der Waals surface area (Å²) in [5, 5.41) is 4.08. The lowest BCUT2D eigenvalue weighted by Gasteiger charge is -1.84. The molecule has 1 nitrogen and oxygen atoms in total. The van der Waals surface area contributed by atoms with E-state index in [0.717, 1.165) is 11.8 Å². The highest BCUT2D eigenvalue weighted by molar-refractivity contribution is 7.08. The van der Waals surface area contributed by atoms with Crippen LogP contribution >= 0.6 is 11.3 Å². The predicted octanol–water partition coefficient (Wildman–Crippen LogP) is 2.27. The average molecular weight is 152 g/mol. The lowest BCUT2D eigenvalue weighted by Crippen LogP contribution is -1.68. The van der Waals surface area contributed by atoms with E-state index >= 15 is 0 Å². The molecule has 0 atom stereocenters. The molecule has 10 heavy (non-hydrogen) atoms. The number of carbonyl (C=O) groups excluding carboxylic acids is 1. The SMILES string of the molecule is Cc1cscc1/C=C/C=O. The second-order valence-corrected chi connectivity index (χ2v) is 2.75. The lowest BCUT2D eigenvalue weighted by molar-refractivity contribution is -0.104. The van der Waals surface area contributed by atoms with Crippen LogP contribution in [-0.2, 0) is 4.79 Å². The standard InChI is InChI=1S/C8H8OS/c1-7-5-10-6-8(7)3-2-4-9/h2-6H,1H3/b3-2+. The van der Waals surface area contributed by atoms with Crippen LogP contribution in [0.4, 0.5) is 0 Å². The van der Waals surface area contributed by atoms with E-state index in [0.29, 0.717) is 0 Å². The summed E-state index contributed by atoms with van der Waals surface area (Å²) >= 11 is 1.65. The normalized spacial score (nSPS) is 10.5. The van der Waals surface area contributed by atoms with Gasteiger partial charge in [0.05, 0.1) is 0 Å². The quantitative estimate of drug-likeness (QED) is 0.469. The third kappa shape index (κ3) is 1.54. The van der Waals surface area contributed by atoms with Crippen molar-refractivity contribution in [2.24, 2.45) is 0 Å². The first-order valence-electron chi connectivity index (χ1n) is 2.99. The third-order valence-electron chi connectivity index (χ3n) is 1.25. The van der Waals surface area contributed by atoms with Crippen molar-refractivity contribution in [3.05, 3.63) is 28.0 Å². The van der Waals surface area contributed by atoms with Crippen LogP contribution in [0.1, 0.15) is 11.1 Å². The first-order chi connectivity index (χ1) is 4.84. The smallest absolute Gasteiger partial charge is 0.142 e. The molecule has 0 bridgehead atoms. The van der Waals surface area contributed by atoms with Crippen LogP contribution in [0.15, 0.2) is 16.8 Å². The molecule has 0 radical (unpaired) electrons. The Kier molecular flexibility index (Phi) is 2.40. The molecule has 0 aliphatic carbocycles. The average Bonchev–Trinajstić information content (AvgIpc) is 2.31. The highest BCUT2D eigenvalue weighted by Gasteiger charge is 1.91. The minimum absolute atomic E-state index is 0.789. The molecule has 1 heterocycles. The zero-order valence-electron chi connectivity index (χ0n) is 5.70. The van der Waals surface area contributed by atoms with E-state index in [1.165, 1.54) is 11.6 Å². The Morgan fingerprint density at radius 3 is 2.80 bits per heavy atom. The molecule has 1 aromatic heterocycles. The van der Waals surface area contributed by atoms with E-state index < -0.39 is 0 Å². The van der Waals surface area contributed by atoms with Gasteiger partial charge < -0.3 is 0 Å². The van der Waals surface area contributed by atoms with Crippen LogP contribution in [0.2, 0.25) is 0 Å². The Hall–Kier alpha value is -0.890. The highest BCUT2D eigenvalue weighted by Crippen LogP contribution is 2.14. The predicted molar refractivity (Wildman–Crippen MR) is 44.2 cm³/mol. The topological polar surface area (TPSA) is 17.1 Å². The van der Waals surface area contributed by atoms with Crippen LogP contribution in [0.5, 0.6) is 0 Å². The highest BCUT2D eigenvalue weighted by atomic mass is 32.1. The largest absolute Gasteiger partial charge is 0.299 e. The van der Waals surface area contributed by atoms with Gasteiger partial charge in [-0.15, -0.1) is 0 Å². The number of aryl methyl sites for hydroxylation is 1. The first kappa shape index (κ1) is 7.22. The molecule has 0 aliphatic heterocycles. The van der Waals surface area contributed by atoms with Crippen molar-refractivity contribution in [2.75, 3.05) is 0 Å². The molecule has 0 unspecified atom stereocenters. The van der Waals surface area contributed by atoms with E-state index in [2.05, 4.69) is 5.38 Å². The fourth-order valence-electron chi connectivity index (χ4n) is 0.684. The van der Waals surface area contributed by atoms with E-state index in [1.807, 2.05) is 18.4 Å². The van der Waals surface area contributed by atoms with Crippen LogP contribution < -0.4 is 0 Å². The number of thiophene rings is 1. The number of rotatable bonds is 2. The Morgan fingerprint density at radius 2 is 2.30 bits per heavy atom. The maximum absolute atomic E-state index is 9.93. The van der Waals surface area contributed by atoms with Crippen molar-refractivity contribution in [2.45, 2.75) is 6.92 Å². The van der Waals surface area contributed by atoms with Gasteiger partial charge >= 0.3 is 0 Å². The van der Waals surface area contributed by atoms with Gasteiger partial charge in [0.2, 0.25) is 0 Å². The summed E-state index contributed by atoms with van der Waals surface area (Å²) in [5.74, 6) is 0. The molecule has 0 saturated heterocycles. The first-order valence-corrected chi connectivity index (χ1v) is 3.93. The number of allylic oxidation sites excluding steroid dienone is 1. The number of aldehydes is 1. The Balaban J connectivity index is 2.83. The Labute approximate surface area is 64.0 Å². The maximum atomic E-state index is 9.93. The van der Waals surface area contributed by atoms with E-state index in [1.54, 1.807) is 11.3 Å². The molecule has 0 aromatic carbocycles. The zero-order valence-corrected chi connectivity index (χ0v) is 6.52. The second kappa shape index (κ2) is 3.32. The molecule has 0 amide bonds. The molecule has 0 aliphatic rings. The Morgan fingerprint density at radius 1 is 1.50 bits per heavy atom. The minimum atomic E-state index is 0.789. The summed E-state index contributed by atoms with van der Waals surface area (Å²) in [6.45, 7) is 2.03. The molecule has 0 fully saturated rings. The molecule has 1 rings (SSSR count). The summed E-state index contributed by atoms with van der Waals surface area (Å²) in [4.78, 5) is 9.93. The van der Waals surface area contributed by atoms with Crippen LogP contribution in [0.25, 0.3) is 6.08 Å². The van der Waals surface area contributed by atoms with Gasteiger partial charge in [-0.05, 0) is 34.9 Å². The fourth-order valence-corrected chi connectivity index (χ4v) is 1.50. The van der Waals surface area contributed by atoms with E-state index in [9.17, 15) is 4.79 Å². The van der Waals surface area contributed by atoms with Gasteiger partial charge in [-0.2, -0.15) is 11.3 Å². The van der Waals surface area contributed by atoms with Crippen LogP contribution in [-0.4, -0.2) is 6.29 Å². The van der Waals surface area contributed by atoms with Crippen molar-refractivity contribution in [3.63, 3.8) is 0 Å². The molecule has 0 N–H and O–H groups in total. The molecular weight excluding hydrogens is 144 g/mol. The number of hydrogen-bond donors (Lipinski definition) is 0. The van der Waals surface area contributed by atoms with Gasteiger partial charge in [0.25, 0.3) is 0 Å². The molecule has 2 heteroatoms. The van der Waals surface area contributed by atoms with Gasteiger partial charge in [-0.25, -0.2) is 0 Å². The third-order valence-corrected chi connectivity index (χ3v) is 2.13. The van der Waals surface area contributed by atoms with Crippen molar-refractivity contribution in [3.8, 4) is 0 Å². The molecule has 0 saturated carbocycles. The van der Waals surface area contributed by atoms with Crippen molar-refractivity contribution in [1.29, 1.82) is 0 Å². The number of carbonyl (C=O) groups is 1. The molecular formula is C8H8OS. The Bertz CT molecular complexity index is 248. The molecule has 0 spiro atoms. The van der Waals surface area contributed by atoms with Gasteiger partial charge in [-0.3, -0.25) is 4.79 Å². The summed E-state index contributed by atoms with van der Waals surface area (Å²) in [5.41, 5.74) is 2.36. The summed E-state index contributed by atoms with van der Waals surface area (Å²) in [6, 6.07) is 0. The summed E-state index contributed by atoms with van der Waals surface area (Å²) < 4.78 is 0. The number of hydrogen-bond acceptors (Lipinski definition) is 2. The van der Waals surface area contributed by atoms with E-state index in [4.69, 9.17) is 0 Å². The zero-order chi connectivity index (χ0) is 7.40. The van der Waals surface area contributed by atoms with Crippen LogP contribution in [0.3, 0.4) is 0 Å². The fraction of sp³-hybridized carbons (Fsp3) is 0.125. The van der Waals surface area contributed by atoms with Crippen molar-refractivity contribution >= 4 is 23.7 Å². The summed E-state index contributed by atoms with van der Waals surface area (Å²) in [6.07, 6.45) is 4.12. The monoisotopic (exact) mass is 152 g/mol. The van der Waals surface area contributed by atoms with Crippen molar-refractivity contribution in [1.82, 2.24) is 0 Å². The van der Waals surface area contributed by atoms with Gasteiger partial charge in [0.1, 0.15) is 6.29 Å². The van der Waals surface area contributed by atoms with Gasteiger partial charge in [0.15, 0.2) is 0 Å². The lowest BCUT2D eigenvalue weighted by atomic mass is 10.2. The van der Waals surface area contributed by atoms with Crippen molar-refractivity contribution < 1.29 is 4.79 Å². The molecule has 1 aromatic rings. The maximum Gasteiger partial charge on any atom is 0.142 e. The van der Waals surface area contributed by atoms with Crippen LogP contribution in [0, 0.1) is 6.92 Å². The molecule has 52 valence electrons. The minimum Gasteiger partial charge on any atom is -0.299 e. The summed E-state index contributed by atoms with van der Waals surface area (Å²) in [7, 11) is 0. The van der Waals surface area contributed by atoms with Gasteiger partial charge in [-0.1, -0.05) is 6.08 Å². The van der Waals surface area contributed by atoms with E-state index in [-0.39, 0.29) is 0 Å². The second-order valence-electron chi connectivity index (χ2n) is 2.01.